The lowest BCUT2D eigenvalue weighted by atomic mass is 10.2. The number of hydrogen-bond acceptors (Lipinski definition) is 4. The molecule has 0 amide bonds. The van der Waals surface area contributed by atoms with Gasteiger partial charge in [0.05, 0.1) is 0 Å². The Morgan fingerprint density at radius 2 is 2.50 bits per heavy atom. The summed E-state index contributed by atoms with van der Waals surface area (Å²) >= 11 is 4.96. The molecule has 0 saturated carbocycles. The zero-order valence-electron chi connectivity index (χ0n) is 10.2. The molecule has 1 aliphatic rings. The Bertz CT molecular complexity index is 556. The zero-order chi connectivity index (χ0) is 13.3. The van der Waals surface area contributed by atoms with E-state index in [1.165, 1.54) is 11.7 Å². The maximum Gasteiger partial charge on any atom is 0.328 e. The molecule has 18 heavy (non-hydrogen) atoms. The van der Waals surface area contributed by atoms with Gasteiger partial charge in [0.2, 0.25) is 5.85 Å². The maximum absolute atomic E-state index is 14.1. The molecule has 1 aromatic heterocycles. The van der Waals surface area contributed by atoms with E-state index in [-0.39, 0.29) is 13.0 Å². The van der Waals surface area contributed by atoms with E-state index in [4.69, 9.17) is 21.7 Å². The van der Waals surface area contributed by atoms with Gasteiger partial charge in [-0.15, -0.1) is 0 Å². The first-order valence-corrected chi connectivity index (χ1v) is 6.04. The summed E-state index contributed by atoms with van der Waals surface area (Å²) in [6.07, 6.45) is 1.59. The van der Waals surface area contributed by atoms with E-state index in [0.29, 0.717) is 11.1 Å². The van der Waals surface area contributed by atoms with Crippen LogP contribution in [0.4, 0.5) is 4.39 Å². The highest BCUT2D eigenvalue weighted by Crippen LogP contribution is 2.36. The van der Waals surface area contributed by atoms with E-state index >= 15 is 0 Å². The van der Waals surface area contributed by atoms with Gasteiger partial charge in [-0.2, -0.15) is 0 Å². The Morgan fingerprint density at radius 3 is 3.17 bits per heavy atom. The molecule has 0 spiro atoms. The minimum atomic E-state index is -1.82. The van der Waals surface area contributed by atoms with Crippen molar-refractivity contribution in [1.82, 2.24) is 9.55 Å². The fraction of sp³-hybridized carbons (Fsp3) is 0.636. The van der Waals surface area contributed by atoms with Crippen molar-refractivity contribution in [2.24, 2.45) is 0 Å². The average Bonchev–Trinajstić information content (AvgIpc) is 2.66. The molecule has 0 aromatic carbocycles. The number of H-pyrrole nitrogens is 1. The SMILES string of the molecule is COC[C@]1(F)CC[C@H](n2cc(C)c(=S)[nH]c2=O)O1. The molecule has 0 bridgehead atoms. The Morgan fingerprint density at radius 1 is 1.78 bits per heavy atom. The standard InChI is InChI=1S/C11H15FN2O3S/c1-7-5-14(10(15)13-9(7)18)8-3-4-11(12,17-8)6-16-2/h5,8H,3-4,6H2,1-2H3,(H,13,15,18)/t8-,11+/m1/s1. The van der Waals surface area contributed by atoms with E-state index in [2.05, 4.69) is 4.98 Å². The molecule has 100 valence electrons. The van der Waals surface area contributed by atoms with Crippen molar-refractivity contribution in [3.8, 4) is 0 Å². The molecule has 1 N–H and O–H groups in total. The van der Waals surface area contributed by atoms with E-state index in [1.807, 2.05) is 0 Å². The summed E-state index contributed by atoms with van der Waals surface area (Å²) in [5, 5.41) is 0. The number of alkyl halides is 1. The molecule has 1 fully saturated rings. The molecule has 7 heteroatoms. The molecular formula is C11H15FN2O3S. The summed E-state index contributed by atoms with van der Waals surface area (Å²) in [7, 11) is 1.41. The minimum absolute atomic E-state index is 0.139. The van der Waals surface area contributed by atoms with Crippen molar-refractivity contribution in [3.63, 3.8) is 0 Å². The first kappa shape index (κ1) is 13.4. The molecule has 2 atom stereocenters. The van der Waals surface area contributed by atoms with Crippen LogP contribution in [0.25, 0.3) is 0 Å². The Kier molecular flexibility index (Phi) is 3.65. The number of aromatic nitrogens is 2. The van der Waals surface area contributed by atoms with Crippen LogP contribution in [0.2, 0.25) is 0 Å². The van der Waals surface area contributed by atoms with Crippen LogP contribution in [-0.4, -0.2) is 29.1 Å². The van der Waals surface area contributed by atoms with Gasteiger partial charge in [0.15, 0.2) is 0 Å². The third kappa shape index (κ3) is 2.52. The summed E-state index contributed by atoms with van der Waals surface area (Å²) in [5.41, 5.74) is 0.355. The maximum atomic E-state index is 14.1. The van der Waals surface area contributed by atoms with Gasteiger partial charge in [0, 0.05) is 25.3 Å². The van der Waals surface area contributed by atoms with Gasteiger partial charge in [0.25, 0.3) is 0 Å². The van der Waals surface area contributed by atoms with Crippen LogP contribution in [0.15, 0.2) is 11.0 Å². The van der Waals surface area contributed by atoms with Gasteiger partial charge in [0.1, 0.15) is 17.5 Å². The number of aromatic amines is 1. The third-order valence-electron chi connectivity index (χ3n) is 2.93. The van der Waals surface area contributed by atoms with E-state index < -0.39 is 17.8 Å². The van der Waals surface area contributed by atoms with Crippen LogP contribution in [-0.2, 0) is 9.47 Å². The third-order valence-corrected chi connectivity index (χ3v) is 3.35. The lowest BCUT2D eigenvalue weighted by molar-refractivity contribution is -0.182. The van der Waals surface area contributed by atoms with Gasteiger partial charge in [-0.05, 0) is 13.3 Å². The Hall–Kier alpha value is -1.05. The second kappa shape index (κ2) is 4.91. The van der Waals surface area contributed by atoms with Gasteiger partial charge in [-0.25, -0.2) is 9.18 Å². The largest absolute Gasteiger partial charge is 0.379 e. The summed E-state index contributed by atoms with van der Waals surface area (Å²) in [5.74, 6) is -1.82. The number of nitrogens with zero attached hydrogens (tertiary/aromatic N) is 1. The van der Waals surface area contributed by atoms with Gasteiger partial charge >= 0.3 is 5.69 Å². The van der Waals surface area contributed by atoms with Crippen molar-refractivity contribution in [1.29, 1.82) is 0 Å². The smallest absolute Gasteiger partial charge is 0.328 e. The zero-order valence-corrected chi connectivity index (χ0v) is 11.1. The van der Waals surface area contributed by atoms with Crippen molar-refractivity contribution in [2.75, 3.05) is 13.7 Å². The summed E-state index contributed by atoms with van der Waals surface area (Å²) in [6, 6.07) is 0. The molecule has 0 unspecified atom stereocenters. The normalized spacial score (nSPS) is 27.6. The van der Waals surface area contributed by atoms with E-state index in [0.717, 1.165) is 5.56 Å². The number of aryl methyl sites for hydroxylation is 1. The van der Waals surface area contributed by atoms with Crippen molar-refractivity contribution >= 4 is 12.2 Å². The molecule has 0 radical (unpaired) electrons. The first-order chi connectivity index (χ1) is 8.45. The van der Waals surface area contributed by atoms with Crippen LogP contribution >= 0.6 is 12.2 Å². The highest BCUT2D eigenvalue weighted by molar-refractivity contribution is 7.71. The molecule has 1 saturated heterocycles. The average molecular weight is 274 g/mol. The quantitative estimate of drug-likeness (QED) is 0.854. The number of ether oxygens (including phenoxy) is 2. The van der Waals surface area contributed by atoms with Crippen LogP contribution in [0.5, 0.6) is 0 Å². The summed E-state index contributed by atoms with van der Waals surface area (Å²) in [6.45, 7) is 1.64. The molecule has 0 aliphatic carbocycles. The molecular weight excluding hydrogens is 259 g/mol. The number of rotatable bonds is 3. The molecule has 5 nitrogen and oxygen atoms in total. The van der Waals surface area contributed by atoms with Gasteiger partial charge in [-0.1, -0.05) is 12.2 Å². The van der Waals surface area contributed by atoms with Crippen LogP contribution in [0.1, 0.15) is 24.6 Å². The van der Waals surface area contributed by atoms with E-state index in [1.54, 1.807) is 13.1 Å². The van der Waals surface area contributed by atoms with Gasteiger partial charge < -0.3 is 9.47 Å². The van der Waals surface area contributed by atoms with Crippen molar-refractivity contribution < 1.29 is 13.9 Å². The van der Waals surface area contributed by atoms with Crippen molar-refractivity contribution in [3.05, 3.63) is 26.9 Å². The highest BCUT2D eigenvalue weighted by atomic mass is 32.1. The number of methoxy groups -OCH3 is 1. The Labute approximate surface area is 109 Å². The second-order valence-corrected chi connectivity index (χ2v) is 4.81. The molecule has 2 rings (SSSR count). The predicted octanol–water partition coefficient (Wildman–Crippen LogP) is 1.84. The molecule has 1 aliphatic heterocycles. The number of nitrogens with one attached hydrogen (secondary N) is 1. The first-order valence-electron chi connectivity index (χ1n) is 5.63. The van der Waals surface area contributed by atoms with E-state index in [9.17, 15) is 9.18 Å². The van der Waals surface area contributed by atoms with Crippen LogP contribution in [0, 0.1) is 11.6 Å². The fourth-order valence-electron chi connectivity index (χ4n) is 2.02. The lowest BCUT2D eigenvalue weighted by Crippen LogP contribution is -2.32. The highest BCUT2D eigenvalue weighted by Gasteiger charge is 2.41. The lowest BCUT2D eigenvalue weighted by Gasteiger charge is -2.20. The topological polar surface area (TPSA) is 56.2 Å². The van der Waals surface area contributed by atoms with Gasteiger partial charge in [-0.3, -0.25) is 9.55 Å². The number of halogens is 1. The monoisotopic (exact) mass is 274 g/mol. The molecule has 1 aromatic rings. The summed E-state index contributed by atoms with van der Waals surface area (Å²) < 4.78 is 25.8. The van der Waals surface area contributed by atoms with Crippen LogP contribution in [0.3, 0.4) is 0 Å². The van der Waals surface area contributed by atoms with Crippen molar-refractivity contribution in [2.45, 2.75) is 31.8 Å². The number of hydrogen-bond donors (Lipinski definition) is 1. The minimum Gasteiger partial charge on any atom is -0.379 e. The Balaban J connectivity index is 2.27. The molecule has 2 heterocycles. The predicted molar refractivity (Wildman–Crippen MR) is 65.7 cm³/mol. The second-order valence-electron chi connectivity index (χ2n) is 4.41. The summed E-state index contributed by atoms with van der Waals surface area (Å²) in [4.78, 5) is 14.3. The fourth-order valence-corrected chi connectivity index (χ4v) is 2.16. The van der Waals surface area contributed by atoms with Crippen LogP contribution < -0.4 is 5.69 Å².